The molecule has 0 amide bonds. The van der Waals surface area contributed by atoms with E-state index in [2.05, 4.69) is 13.8 Å². The zero-order valence-electron chi connectivity index (χ0n) is 12.6. The summed E-state index contributed by atoms with van der Waals surface area (Å²) < 4.78 is 6.18. The molecule has 0 radical (unpaired) electrons. The first-order chi connectivity index (χ1) is 8.60. The van der Waals surface area contributed by atoms with E-state index in [1.807, 2.05) is 13.8 Å². The number of ether oxygens (including phenoxy) is 1. The molecule has 3 unspecified atom stereocenters. The molecule has 0 bridgehead atoms. The van der Waals surface area contributed by atoms with Crippen LogP contribution in [0.2, 0.25) is 0 Å². The predicted octanol–water partition coefficient (Wildman–Crippen LogP) is 2.99. The van der Waals surface area contributed by atoms with E-state index in [-0.39, 0.29) is 37.3 Å². The molecule has 0 aromatic heterocycles. The molecular weight excluding hydrogens is 228 g/mol. The van der Waals surface area contributed by atoms with Gasteiger partial charge in [0, 0.05) is 25.0 Å². The van der Waals surface area contributed by atoms with E-state index in [0.29, 0.717) is 0 Å². The minimum absolute atomic E-state index is 0.0478. The van der Waals surface area contributed by atoms with Gasteiger partial charge in [-0.1, -0.05) is 47.0 Å². The standard InChI is InChI=1S/C15H32O3/c1-5-7-9-14(8-6-2)18-15(12(3)10-16)13(4)11-17/h12-17H,5-11H2,1-4H3. The largest absolute Gasteiger partial charge is 0.396 e. The number of aliphatic hydroxyl groups excluding tert-OH is 2. The molecule has 0 aliphatic heterocycles. The van der Waals surface area contributed by atoms with Crippen molar-refractivity contribution in [1.29, 1.82) is 0 Å². The molecule has 0 aliphatic rings. The smallest absolute Gasteiger partial charge is 0.0673 e. The van der Waals surface area contributed by atoms with Crippen LogP contribution in [0.3, 0.4) is 0 Å². The normalized spacial score (nSPS) is 18.3. The van der Waals surface area contributed by atoms with Crippen molar-refractivity contribution in [3.63, 3.8) is 0 Å². The molecule has 0 rings (SSSR count). The van der Waals surface area contributed by atoms with E-state index < -0.39 is 0 Å². The first-order valence-electron chi connectivity index (χ1n) is 7.47. The maximum atomic E-state index is 9.31. The fraction of sp³-hybridized carbons (Fsp3) is 1.00. The van der Waals surface area contributed by atoms with Crippen LogP contribution in [0.4, 0.5) is 0 Å². The van der Waals surface area contributed by atoms with Crippen LogP contribution in [0.1, 0.15) is 59.8 Å². The van der Waals surface area contributed by atoms with Gasteiger partial charge in [-0.25, -0.2) is 0 Å². The van der Waals surface area contributed by atoms with Gasteiger partial charge in [0.25, 0.3) is 0 Å². The van der Waals surface area contributed by atoms with Crippen molar-refractivity contribution in [2.75, 3.05) is 13.2 Å². The topological polar surface area (TPSA) is 49.7 Å². The predicted molar refractivity (Wildman–Crippen MR) is 75.6 cm³/mol. The van der Waals surface area contributed by atoms with Gasteiger partial charge in [-0.15, -0.1) is 0 Å². The quantitative estimate of drug-likeness (QED) is 0.600. The first kappa shape index (κ1) is 17.9. The molecular formula is C15H32O3. The van der Waals surface area contributed by atoms with E-state index in [1.54, 1.807) is 0 Å². The third-order valence-corrected chi connectivity index (χ3v) is 3.54. The van der Waals surface area contributed by atoms with Crippen molar-refractivity contribution < 1.29 is 14.9 Å². The summed E-state index contributed by atoms with van der Waals surface area (Å²) in [6.45, 7) is 8.55. The lowest BCUT2D eigenvalue weighted by Crippen LogP contribution is -2.36. The van der Waals surface area contributed by atoms with Crippen LogP contribution in [0.25, 0.3) is 0 Å². The Bertz CT molecular complexity index is 175. The Balaban J connectivity index is 4.47. The van der Waals surface area contributed by atoms with Gasteiger partial charge >= 0.3 is 0 Å². The van der Waals surface area contributed by atoms with E-state index >= 15 is 0 Å². The highest BCUT2D eigenvalue weighted by molar-refractivity contribution is 4.74. The molecule has 3 heteroatoms. The highest BCUT2D eigenvalue weighted by atomic mass is 16.5. The lowest BCUT2D eigenvalue weighted by atomic mass is 9.93. The summed E-state index contributed by atoms with van der Waals surface area (Å²) in [5.41, 5.74) is 0. The van der Waals surface area contributed by atoms with Gasteiger partial charge in [-0.05, 0) is 12.8 Å². The second kappa shape index (κ2) is 10.8. The Labute approximate surface area is 113 Å². The molecule has 0 aromatic carbocycles. The molecule has 3 atom stereocenters. The average Bonchev–Trinajstić information content (AvgIpc) is 2.40. The second-order valence-corrected chi connectivity index (χ2v) is 5.47. The van der Waals surface area contributed by atoms with Crippen molar-refractivity contribution in [3.8, 4) is 0 Å². The highest BCUT2D eigenvalue weighted by Gasteiger charge is 2.26. The highest BCUT2D eigenvalue weighted by Crippen LogP contribution is 2.22. The van der Waals surface area contributed by atoms with Gasteiger partial charge in [0.2, 0.25) is 0 Å². The SMILES string of the molecule is CCCCC(CCC)OC(C(C)CO)C(C)CO. The lowest BCUT2D eigenvalue weighted by Gasteiger charge is -2.32. The fourth-order valence-electron chi connectivity index (χ4n) is 2.29. The van der Waals surface area contributed by atoms with Crippen molar-refractivity contribution in [2.24, 2.45) is 11.8 Å². The second-order valence-electron chi connectivity index (χ2n) is 5.47. The van der Waals surface area contributed by atoms with Crippen LogP contribution in [0.15, 0.2) is 0 Å². The minimum atomic E-state index is -0.0478. The van der Waals surface area contributed by atoms with E-state index in [4.69, 9.17) is 4.74 Å². The maximum absolute atomic E-state index is 9.31. The van der Waals surface area contributed by atoms with E-state index in [1.165, 1.54) is 12.8 Å². The zero-order chi connectivity index (χ0) is 14.0. The van der Waals surface area contributed by atoms with Gasteiger partial charge in [0.05, 0.1) is 12.2 Å². The summed E-state index contributed by atoms with van der Waals surface area (Å²) in [4.78, 5) is 0. The molecule has 18 heavy (non-hydrogen) atoms. The third kappa shape index (κ3) is 6.72. The molecule has 2 N–H and O–H groups in total. The van der Waals surface area contributed by atoms with Crippen LogP contribution in [0, 0.1) is 11.8 Å². The maximum Gasteiger partial charge on any atom is 0.0673 e. The number of aliphatic hydroxyl groups is 2. The minimum Gasteiger partial charge on any atom is -0.396 e. The molecule has 0 heterocycles. The molecule has 0 spiro atoms. The lowest BCUT2D eigenvalue weighted by molar-refractivity contribution is -0.0904. The number of hydrogen-bond acceptors (Lipinski definition) is 3. The Morgan fingerprint density at radius 1 is 0.889 bits per heavy atom. The third-order valence-electron chi connectivity index (χ3n) is 3.54. The zero-order valence-corrected chi connectivity index (χ0v) is 12.6. The van der Waals surface area contributed by atoms with Crippen molar-refractivity contribution in [1.82, 2.24) is 0 Å². The van der Waals surface area contributed by atoms with E-state index in [9.17, 15) is 10.2 Å². The Kier molecular flexibility index (Phi) is 10.7. The van der Waals surface area contributed by atoms with Crippen LogP contribution in [-0.2, 0) is 4.74 Å². The Morgan fingerprint density at radius 2 is 1.44 bits per heavy atom. The van der Waals surface area contributed by atoms with Gasteiger partial charge < -0.3 is 14.9 Å². The van der Waals surface area contributed by atoms with Crippen molar-refractivity contribution >= 4 is 0 Å². The van der Waals surface area contributed by atoms with Gasteiger partial charge in [0.1, 0.15) is 0 Å². The molecule has 0 aliphatic carbocycles. The van der Waals surface area contributed by atoms with E-state index in [0.717, 1.165) is 19.3 Å². The first-order valence-corrected chi connectivity index (χ1v) is 7.47. The molecule has 110 valence electrons. The van der Waals surface area contributed by atoms with Gasteiger partial charge in [-0.2, -0.15) is 0 Å². The Hall–Kier alpha value is -0.120. The summed E-state index contributed by atoms with van der Waals surface area (Å²) in [7, 11) is 0. The molecule has 0 fully saturated rings. The van der Waals surface area contributed by atoms with Crippen LogP contribution >= 0.6 is 0 Å². The molecule has 0 saturated heterocycles. The van der Waals surface area contributed by atoms with Crippen LogP contribution in [0.5, 0.6) is 0 Å². The summed E-state index contributed by atoms with van der Waals surface area (Å²) in [5, 5.41) is 18.6. The van der Waals surface area contributed by atoms with Crippen molar-refractivity contribution in [2.45, 2.75) is 72.0 Å². The van der Waals surface area contributed by atoms with Gasteiger partial charge in [-0.3, -0.25) is 0 Å². The molecule has 3 nitrogen and oxygen atoms in total. The van der Waals surface area contributed by atoms with Crippen LogP contribution in [-0.4, -0.2) is 35.6 Å². The summed E-state index contributed by atoms with van der Waals surface area (Å²) >= 11 is 0. The van der Waals surface area contributed by atoms with Crippen molar-refractivity contribution in [3.05, 3.63) is 0 Å². The average molecular weight is 260 g/mol. The fourth-order valence-corrected chi connectivity index (χ4v) is 2.29. The number of rotatable bonds is 11. The number of hydrogen-bond donors (Lipinski definition) is 2. The monoisotopic (exact) mass is 260 g/mol. The summed E-state index contributed by atoms with van der Waals surface area (Å²) in [5.74, 6) is 0.154. The Morgan fingerprint density at radius 3 is 1.83 bits per heavy atom. The molecule has 0 saturated carbocycles. The summed E-state index contributed by atoms with van der Waals surface area (Å²) in [6, 6.07) is 0. The summed E-state index contributed by atoms with van der Waals surface area (Å²) in [6.07, 6.45) is 5.83. The molecule has 0 aromatic rings. The van der Waals surface area contributed by atoms with Crippen LogP contribution < -0.4 is 0 Å². The number of unbranched alkanes of at least 4 members (excludes halogenated alkanes) is 1. The van der Waals surface area contributed by atoms with Gasteiger partial charge in [0.15, 0.2) is 0 Å².